The number of hydrogen-bond acceptors (Lipinski definition) is 2. The molecule has 2 aliphatic carbocycles. The summed E-state index contributed by atoms with van der Waals surface area (Å²) in [4.78, 5) is 12.3. The van der Waals surface area contributed by atoms with E-state index in [0.717, 1.165) is 41.5 Å². The van der Waals surface area contributed by atoms with Gasteiger partial charge >= 0.3 is 0 Å². The monoisotopic (exact) mass is 307 g/mol. The summed E-state index contributed by atoms with van der Waals surface area (Å²) in [5.41, 5.74) is 9.27. The van der Waals surface area contributed by atoms with E-state index in [1.54, 1.807) is 0 Å². The number of nitrogens with two attached hydrogens (primary N) is 1. The lowest BCUT2D eigenvalue weighted by Gasteiger charge is -2.35. The van der Waals surface area contributed by atoms with E-state index in [2.05, 4.69) is 6.92 Å². The van der Waals surface area contributed by atoms with E-state index in [-0.39, 0.29) is 16.9 Å². The summed E-state index contributed by atoms with van der Waals surface area (Å²) in [6.07, 6.45) is 3.75. The van der Waals surface area contributed by atoms with Gasteiger partial charge in [0.25, 0.3) is 0 Å². The predicted molar refractivity (Wildman–Crippen MR) is 83.7 cm³/mol. The SMILES string of the molecule is CCC1=C2c3cc(F)c(N)c(Cl)c3CC2(CC)CCC1=O. The molecule has 1 unspecified atom stereocenters. The molecule has 3 rings (SSSR count). The van der Waals surface area contributed by atoms with Crippen LogP contribution in [-0.4, -0.2) is 5.78 Å². The minimum absolute atomic E-state index is 0.0188. The summed E-state index contributed by atoms with van der Waals surface area (Å²) in [5.74, 6) is -0.301. The van der Waals surface area contributed by atoms with Crippen LogP contribution < -0.4 is 5.73 Å². The Morgan fingerprint density at radius 1 is 1.43 bits per heavy atom. The molecule has 0 saturated carbocycles. The lowest BCUT2D eigenvalue weighted by atomic mass is 9.68. The summed E-state index contributed by atoms with van der Waals surface area (Å²) in [6, 6.07) is 1.47. The van der Waals surface area contributed by atoms with E-state index in [0.29, 0.717) is 17.9 Å². The Hall–Kier alpha value is -1.35. The van der Waals surface area contributed by atoms with Gasteiger partial charge in [0.2, 0.25) is 0 Å². The number of fused-ring (bicyclic) bond motifs is 3. The molecule has 1 aromatic carbocycles. The Labute approximate surface area is 129 Å². The van der Waals surface area contributed by atoms with Gasteiger partial charge in [0, 0.05) is 11.8 Å². The topological polar surface area (TPSA) is 43.1 Å². The Morgan fingerprint density at radius 3 is 2.76 bits per heavy atom. The van der Waals surface area contributed by atoms with Crippen LogP contribution in [0.1, 0.15) is 50.7 Å². The minimum atomic E-state index is -0.494. The molecule has 0 spiro atoms. The van der Waals surface area contributed by atoms with Crippen molar-refractivity contribution in [3.63, 3.8) is 0 Å². The zero-order chi connectivity index (χ0) is 15.4. The third-order valence-corrected chi connectivity index (χ3v) is 5.60. The number of anilines is 1. The van der Waals surface area contributed by atoms with E-state index >= 15 is 0 Å². The van der Waals surface area contributed by atoms with Crippen molar-refractivity contribution in [2.45, 2.75) is 46.0 Å². The largest absolute Gasteiger partial charge is 0.395 e. The van der Waals surface area contributed by atoms with Crippen LogP contribution in [0.3, 0.4) is 0 Å². The molecule has 0 aliphatic heterocycles. The van der Waals surface area contributed by atoms with Gasteiger partial charge in [-0.05, 0) is 54.0 Å². The van der Waals surface area contributed by atoms with E-state index in [9.17, 15) is 9.18 Å². The quantitative estimate of drug-likeness (QED) is 0.815. The fourth-order valence-corrected chi connectivity index (χ4v) is 4.24. The number of carbonyl (C=O) groups excluding carboxylic acids is 1. The van der Waals surface area contributed by atoms with Crippen molar-refractivity contribution in [2.75, 3.05) is 5.73 Å². The Balaban J connectivity index is 2.35. The Bertz CT molecular complexity index is 680. The molecule has 0 radical (unpaired) electrons. The van der Waals surface area contributed by atoms with Crippen molar-refractivity contribution in [1.82, 2.24) is 0 Å². The van der Waals surface area contributed by atoms with Gasteiger partial charge in [-0.3, -0.25) is 4.79 Å². The van der Waals surface area contributed by atoms with Gasteiger partial charge in [0.1, 0.15) is 5.82 Å². The molecule has 21 heavy (non-hydrogen) atoms. The van der Waals surface area contributed by atoms with Crippen LogP contribution in [0.25, 0.3) is 5.57 Å². The number of nitrogen functional groups attached to an aromatic ring is 1. The third kappa shape index (κ3) is 1.87. The number of hydrogen-bond donors (Lipinski definition) is 1. The average Bonchev–Trinajstić information content (AvgIpc) is 2.81. The van der Waals surface area contributed by atoms with Crippen molar-refractivity contribution in [3.05, 3.63) is 33.6 Å². The molecular weight excluding hydrogens is 289 g/mol. The summed E-state index contributed by atoms with van der Waals surface area (Å²) in [7, 11) is 0. The van der Waals surface area contributed by atoms with Crippen LogP contribution in [-0.2, 0) is 11.2 Å². The lowest BCUT2D eigenvalue weighted by molar-refractivity contribution is -0.116. The molecule has 0 heterocycles. The van der Waals surface area contributed by atoms with Gasteiger partial charge in [-0.25, -0.2) is 4.39 Å². The van der Waals surface area contributed by atoms with Crippen molar-refractivity contribution in [2.24, 2.45) is 5.41 Å². The highest BCUT2D eigenvalue weighted by atomic mass is 35.5. The first-order chi connectivity index (χ1) is 9.95. The molecule has 2 N–H and O–H groups in total. The molecule has 112 valence electrons. The average molecular weight is 308 g/mol. The van der Waals surface area contributed by atoms with Crippen LogP contribution in [0.4, 0.5) is 10.1 Å². The van der Waals surface area contributed by atoms with E-state index in [1.165, 1.54) is 6.07 Å². The molecule has 0 amide bonds. The Morgan fingerprint density at radius 2 is 2.14 bits per heavy atom. The number of benzene rings is 1. The number of Topliss-reactive ketones (excluding diaryl/α,β-unsaturated/α-hetero) is 1. The molecule has 0 aromatic heterocycles. The second-order valence-corrected chi connectivity index (χ2v) is 6.43. The van der Waals surface area contributed by atoms with Crippen LogP contribution in [0.15, 0.2) is 11.6 Å². The van der Waals surface area contributed by atoms with Crippen LogP contribution >= 0.6 is 11.6 Å². The first-order valence-corrected chi connectivity index (χ1v) is 7.86. The molecule has 0 fully saturated rings. The summed E-state index contributed by atoms with van der Waals surface area (Å²) in [5, 5.41) is 0.322. The maximum absolute atomic E-state index is 14.0. The van der Waals surface area contributed by atoms with Gasteiger partial charge in [-0.15, -0.1) is 0 Å². The van der Waals surface area contributed by atoms with Gasteiger partial charge in [0.05, 0.1) is 10.7 Å². The Kier molecular flexibility index (Phi) is 3.36. The second kappa shape index (κ2) is 4.84. The smallest absolute Gasteiger partial charge is 0.159 e. The molecule has 2 nitrogen and oxygen atoms in total. The summed E-state index contributed by atoms with van der Waals surface area (Å²) in [6.45, 7) is 4.11. The first kappa shape index (κ1) is 14.6. The molecule has 0 bridgehead atoms. The number of ketones is 1. The highest BCUT2D eigenvalue weighted by Crippen LogP contribution is 2.58. The normalized spacial score (nSPS) is 24.3. The van der Waals surface area contributed by atoms with Gasteiger partial charge in [-0.2, -0.15) is 0 Å². The molecule has 4 heteroatoms. The number of carbonyl (C=O) groups is 1. The minimum Gasteiger partial charge on any atom is -0.395 e. The molecule has 0 saturated heterocycles. The van der Waals surface area contributed by atoms with Gasteiger partial charge < -0.3 is 5.73 Å². The number of allylic oxidation sites excluding steroid dienone is 2. The predicted octanol–water partition coefficient (Wildman–Crippen LogP) is 4.54. The van der Waals surface area contributed by atoms with Crippen molar-refractivity contribution in [3.8, 4) is 0 Å². The van der Waals surface area contributed by atoms with E-state index < -0.39 is 5.82 Å². The fourth-order valence-electron chi connectivity index (χ4n) is 3.98. The van der Waals surface area contributed by atoms with Gasteiger partial charge in [0.15, 0.2) is 5.78 Å². The first-order valence-electron chi connectivity index (χ1n) is 7.48. The van der Waals surface area contributed by atoms with Crippen molar-refractivity contribution < 1.29 is 9.18 Å². The zero-order valence-corrected chi connectivity index (χ0v) is 13.1. The molecule has 1 atom stereocenters. The van der Waals surface area contributed by atoms with Gasteiger partial charge in [-0.1, -0.05) is 25.4 Å². The number of halogens is 2. The highest BCUT2D eigenvalue weighted by Gasteiger charge is 2.46. The second-order valence-electron chi connectivity index (χ2n) is 6.05. The number of rotatable bonds is 2. The van der Waals surface area contributed by atoms with Crippen molar-refractivity contribution >= 4 is 28.6 Å². The van der Waals surface area contributed by atoms with Crippen LogP contribution in [0.2, 0.25) is 5.02 Å². The maximum atomic E-state index is 14.0. The summed E-state index contributed by atoms with van der Waals surface area (Å²) < 4.78 is 14.0. The molecule has 1 aromatic rings. The lowest BCUT2D eigenvalue weighted by Crippen LogP contribution is -2.27. The molecular formula is C17H19ClFNO. The highest BCUT2D eigenvalue weighted by molar-refractivity contribution is 6.34. The van der Waals surface area contributed by atoms with Crippen LogP contribution in [0, 0.1) is 11.2 Å². The van der Waals surface area contributed by atoms with Crippen LogP contribution in [0.5, 0.6) is 0 Å². The third-order valence-electron chi connectivity index (χ3n) is 5.17. The fraction of sp³-hybridized carbons (Fsp3) is 0.471. The summed E-state index contributed by atoms with van der Waals surface area (Å²) >= 11 is 6.28. The maximum Gasteiger partial charge on any atom is 0.159 e. The standard InChI is InChI=1S/C17H19ClFNO/c1-3-9-13(21)5-6-17(4-2)8-11-10(14(9)17)7-12(19)16(20)15(11)18/h7H,3-6,8,20H2,1-2H3. The van der Waals surface area contributed by atoms with Crippen molar-refractivity contribution in [1.29, 1.82) is 0 Å². The van der Waals surface area contributed by atoms with E-state index in [1.807, 2.05) is 6.92 Å². The van der Waals surface area contributed by atoms with E-state index in [4.69, 9.17) is 17.3 Å². The molecule has 2 aliphatic rings. The zero-order valence-electron chi connectivity index (χ0n) is 12.4.